The van der Waals surface area contributed by atoms with Crippen LogP contribution in [0.5, 0.6) is 5.75 Å². The van der Waals surface area contributed by atoms with Crippen LogP contribution in [0, 0.1) is 0 Å². The van der Waals surface area contributed by atoms with E-state index in [2.05, 4.69) is 12.2 Å². The zero-order valence-corrected chi connectivity index (χ0v) is 10.6. The Kier molecular flexibility index (Phi) is 5.80. The first-order valence-electron chi connectivity index (χ1n) is 5.58. The molecule has 5 heteroatoms. The molecule has 0 radical (unpaired) electrons. The van der Waals surface area contributed by atoms with Gasteiger partial charge in [-0.15, -0.1) is 0 Å². The van der Waals surface area contributed by atoms with Crippen LogP contribution in [0.2, 0.25) is 5.02 Å². The van der Waals surface area contributed by atoms with E-state index in [0.29, 0.717) is 17.4 Å². The average molecular weight is 257 g/mol. The second kappa shape index (κ2) is 7.14. The van der Waals surface area contributed by atoms with Gasteiger partial charge in [0.05, 0.1) is 10.6 Å². The predicted molar refractivity (Wildman–Crippen MR) is 68.6 cm³/mol. The summed E-state index contributed by atoms with van der Waals surface area (Å²) in [6.07, 6.45) is 1.07. The minimum Gasteiger partial charge on any atom is -0.491 e. The van der Waals surface area contributed by atoms with Crippen molar-refractivity contribution in [1.82, 2.24) is 5.32 Å². The highest BCUT2D eigenvalue weighted by atomic mass is 35.5. The molecule has 0 unspecified atom stereocenters. The minimum atomic E-state index is -0.577. The molecule has 94 valence electrons. The molecule has 0 aliphatic rings. The van der Waals surface area contributed by atoms with Gasteiger partial charge in [-0.2, -0.15) is 0 Å². The standard InChI is InChI=1S/C12H17ClN2O2/c1-2-6-15-7-8-17-10-5-3-4-9(13)11(10)12(14)16/h3-5,15H,2,6-8H2,1H3,(H2,14,16). The van der Waals surface area contributed by atoms with E-state index in [1.165, 1.54) is 0 Å². The van der Waals surface area contributed by atoms with Gasteiger partial charge in [0.1, 0.15) is 12.4 Å². The zero-order valence-electron chi connectivity index (χ0n) is 9.83. The van der Waals surface area contributed by atoms with Gasteiger partial charge >= 0.3 is 0 Å². The fourth-order valence-electron chi connectivity index (χ4n) is 1.40. The number of rotatable bonds is 7. The van der Waals surface area contributed by atoms with Crippen molar-refractivity contribution in [3.63, 3.8) is 0 Å². The lowest BCUT2D eigenvalue weighted by Gasteiger charge is -2.10. The Morgan fingerprint density at radius 2 is 2.24 bits per heavy atom. The van der Waals surface area contributed by atoms with Crippen LogP contribution < -0.4 is 15.8 Å². The van der Waals surface area contributed by atoms with Crippen LogP contribution >= 0.6 is 11.6 Å². The fourth-order valence-corrected chi connectivity index (χ4v) is 1.66. The maximum Gasteiger partial charge on any atom is 0.253 e. The Morgan fingerprint density at radius 1 is 1.47 bits per heavy atom. The lowest BCUT2D eigenvalue weighted by Crippen LogP contribution is -2.22. The lowest BCUT2D eigenvalue weighted by atomic mass is 10.2. The smallest absolute Gasteiger partial charge is 0.253 e. The number of carbonyl (C=O) groups excluding carboxylic acids is 1. The summed E-state index contributed by atoms with van der Waals surface area (Å²) in [6, 6.07) is 5.03. The Bertz CT molecular complexity index is 383. The van der Waals surface area contributed by atoms with Gasteiger partial charge in [0.15, 0.2) is 0 Å². The summed E-state index contributed by atoms with van der Waals surface area (Å²) in [6.45, 7) is 4.23. The third-order valence-electron chi connectivity index (χ3n) is 2.18. The lowest BCUT2D eigenvalue weighted by molar-refractivity contribution is 0.0996. The van der Waals surface area contributed by atoms with Crippen LogP contribution in [-0.2, 0) is 0 Å². The van der Waals surface area contributed by atoms with E-state index in [0.717, 1.165) is 19.5 Å². The molecule has 1 aromatic carbocycles. The third-order valence-corrected chi connectivity index (χ3v) is 2.50. The first kappa shape index (κ1) is 13.8. The van der Waals surface area contributed by atoms with Gasteiger partial charge in [0, 0.05) is 6.54 Å². The van der Waals surface area contributed by atoms with Gasteiger partial charge in [-0.1, -0.05) is 24.6 Å². The van der Waals surface area contributed by atoms with Crippen molar-refractivity contribution in [3.8, 4) is 5.75 Å². The summed E-state index contributed by atoms with van der Waals surface area (Å²) in [5, 5.41) is 3.51. The van der Waals surface area contributed by atoms with Crippen LogP contribution in [0.1, 0.15) is 23.7 Å². The Labute approximate surface area is 106 Å². The van der Waals surface area contributed by atoms with Gasteiger partial charge in [-0.3, -0.25) is 4.79 Å². The average Bonchev–Trinajstić information content (AvgIpc) is 2.28. The monoisotopic (exact) mass is 256 g/mol. The van der Waals surface area contributed by atoms with Crippen LogP contribution in [0.3, 0.4) is 0 Å². The van der Waals surface area contributed by atoms with E-state index >= 15 is 0 Å². The van der Waals surface area contributed by atoms with E-state index < -0.39 is 5.91 Å². The number of carbonyl (C=O) groups is 1. The number of primary amides is 1. The highest BCUT2D eigenvalue weighted by Crippen LogP contribution is 2.25. The molecule has 0 saturated heterocycles. The maximum absolute atomic E-state index is 11.2. The number of nitrogens with two attached hydrogens (primary N) is 1. The molecule has 1 amide bonds. The Hall–Kier alpha value is -1.26. The van der Waals surface area contributed by atoms with Crippen LogP contribution in [-0.4, -0.2) is 25.6 Å². The molecule has 1 aromatic rings. The van der Waals surface area contributed by atoms with Gasteiger partial charge in [-0.05, 0) is 25.1 Å². The maximum atomic E-state index is 11.2. The van der Waals surface area contributed by atoms with Crippen LogP contribution in [0.25, 0.3) is 0 Å². The van der Waals surface area contributed by atoms with E-state index in [9.17, 15) is 4.79 Å². The summed E-state index contributed by atoms with van der Waals surface area (Å²) in [5.74, 6) is -0.143. The van der Waals surface area contributed by atoms with Gasteiger partial charge in [0.2, 0.25) is 0 Å². The van der Waals surface area contributed by atoms with Crippen molar-refractivity contribution in [2.45, 2.75) is 13.3 Å². The third kappa shape index (κ3) is 4.24. The highest BCUT2D eigenvalue weighted by Gasteiger charge is 2.13. The largest absolute Gasteiger partial charge is 0.491 e. The number of nitrogens with one attached hydrogen (secondary N) is 1. The molecule has 0 fully saturated rings. The summed E-state index contributed by atoms with van der Waals surface area (Å²) in [7, 11) is 0. The molecule has 0 bridgehead atoms. The van der Waals surface area contributed by atoms with Crippen molar-refractivity contribution in [2.75, 3.05) is 19.7 Å². The summed E-state index contributed by atoms with van der Waals surface area (Å²) in [4.78, 5) is 11.2. The molecule has 0 aliphatic heterocycles. The normalized spacial score (nSPS) is 10.2. The SMILES string of the molecule is CCCNCCOc1cccc(Cl)c1C(N)=O. The Balaban J connectivity index is 2.58. The highest BCUT2D eigenvalue weighted by molar-refractivity contribution is 6.34. The molecule has 0 atom stereocenters. The van der Waals surface area contributed by atoms with Crippen molar-refractivity contribution < 1.29 is 9.53 Å². The first-order chi connectivity index (χ1) is 8.16. The van der Waals surface area contributed by atoms with Crippen molar-refractivity contribution >= 4 is 17.5 Å². The van der Waals surface area contributed by atoms with Crippen LogP contribution in [0.15, 0.2) is 18.2 Å². The van der Waals surface area contributed by atoms with Gasteiger partial charge in [0.25, 0.3) is 5.91 Å². The molecule has 0 saturated carbocycles. The second-order valence-corrected chi connectivity index (χ2v) is 3.98. The summed E-state index contributed by atoms with van der Waals surface area (Å²) < 4.78 is 5.48. The topological polar surface area (TPSA) is 64.3 Å². The van der Waals surface area contributed by atoms with E-state index in [4.69, 9.17) is 22.1 Å². The van der Waals surface area contributed by atoms with E-state index in [1.54, 1.807) is 18.2 Å². The number of hydrogen-bond donors (Lipinski definition) is 2. The first-order valence-corrected chi connectivity index (χ1v) is 5.96. The van der Waals surface area contributed by atoms with E-state index in [-0.39, 0.29) is 5.56 Å². The van der Waals surface area contributed by atoms with Crippen LogP contribution in [0.4, 0.5) is 0 Å². The number of benzene rings is 1. The number of amides is 1. The molecule has 17 heavy (non-hydrogen) atoms. The molecular weight excluding hydrogens is 240 g/mol. The quantitative estimate of drug-likeness (QED) is 0.732. The molecule has 3 N–H and O–H groups in total. The van der Waals surface area contributed by atoms with Crippen molar-refractivity contribution in [1.29, 1.82) is 0 Å². The Morgan fingerprint density at radius 3 is 2.88 bits per heavy atom. The predicted octanol–water partition coefficient (Wildman–Crippen LogP) is 1.82. The molecule has 0 spiro atoms. The summed E-state index contributed by atoms with van der Waals surface area (Å²) >= 11 is 5.89. The summed E-state index contributed by atoms with van der Waals surface area (Å²) in [5.41, 5.74) is 5.49. The molecule has 4 nitrogen and oxygen atoms in total. The van der Waals surface area contributed by atoms with Gasteiger partial charge < -0.3 is 15.8 Å². The number of ether oxygens (including phenoxy) is 1. The fraction of sp³-hybridized carbons (Fsp3) is 0.417. The minimum absolute atomic E-state index is 0.240. The van der Waals surface area contributed by atoms with Gasteiger partial charge in [-0.25, -0.2) is 0 Å². The zero-order chi connectivity index (χ0) is 12.7. The number of halogens is 1. The molecule has 1 rings (SSSR count). The molecule has 0 aromatic heterocycles. The molecular formula is C12H17ClN2O2. The van der Waals surface area contributed by atoms with Crippen molar-refractivity contribution in [3.05, 3.63) is 28.8 Å². The molecule has 0 heterocycles. The molecule has 0 aliphatic carbocycles. The number of hydrogen-bond acceptors (Lipinski definition) is 3. The van der Waals surface area contributed by atoms with E-state index in [1.807, 2.05) is 0 Å². The van der Waals surface area contributed by atoms with Crippen molar-refractivity contribution in [2.24, 2.45) is 5.73 Å². The second-order valence-electron chi connectivity index (χ2n) is 3.58.